The van der Waals surface area contributed by atoms with E-state index in [1.54, 1.807) is 25.3 Å². The smallest absolute Gasteiger partial charge is 0.210 e. The van der Waals surface area contributed by atoms with Crippen LogP contribution >= 0.6 is 11.8 Å². The Hall–Kier alpha value is -3.01. The molecule has 10 heteroatoms. The van der Waals surface area contributed by atoms with Gasteiger partial charge < -0.3 is 15.3 Å². The van der Waals surface area contributed by atoms with E-state index in [2.05, 4.69) is 20.4 Å². The van der Waals surface area contributed by atoms with Crippen molar-refractivity contribution in [1.82, 2.24) is 25.1 Å². The van der Waals surface area contributed by atoms with Crippen molar-refractivity contribution in [2.24, 2.45) is 0 Å². The fourth-order valence-corrected chi connectivity index (χ4v) is 3.06. The van der Waals surface area contributed by atoms with E-state index in [0.717, 1.165) is 5.69 Å². The van der Waals surface area contributed by atoms with Crippen LogP contribution in [0.25, 0.3) is 11.5 Å². The van der Waals surface area contributed by atoms with E-state index in [1.807, 2.05) is 13.0 Å². The monoisotopic (exact) mass is 374 g/mol. The molecule has 0 amide bonds. The van der Waals surface area contributed by atoms with Crippen molar-refractivity contribution in [2.45, 2.75) is 12.1 Å². The molecule has 0 radical (unpaired) electrons. The van der Waals surface area contributed by atoms with Gasteiger partial charge in [0.2, 0.25) is 11.0 Å². The van der Waals surface area contributed by atoms with Crippen molar-refractivity contribution in [1.29, 1.82) is 0 Å². The molecule has 0 aliphatic carbocycles. The van der Waals surface area contributed by atoms with Gasteiger partial charge in [-0.3, -0.25) is 9.89 Å². The predicted molar refractivity (Wildman–Crippen MR) is 97.1 cm³/mol. The highest BCUT2D eigenvalue weighted by Gasteiger charge is 2.18. The number of aryl methyl sites for hydroxylation is 1. The lowest BCUT2D eigenvalue weighted by atomic mass is 10.1. The molecule has 0 aliphatic heterocycles. The molecule has 0 fully saturated rings. The quantitative estimate of drug-likeness (QED) is 0.364. The number of Topliss-reactive ketones (excluding diaryl/α,β-unsaturated/α-hetero) is 1. The van der Waals surface area contributed by atoms with Gasteiger partial charge in [0.1, 0.15) is 17.2 Å². The minimum Gasteiger partial charge on any atom is -0.497 e. The van der Waals surface area contributed by atoms with E-state index in [-0.39, 0.29) is 11.5 Å². The van der Waals surface area contributed by atoms with Gasteiger partial charge in [-0.25, -0.2) is 4.68 Å². The summed E-state index contributed by atoms with van der Waals surface area (Å²) in [6.07, 6.45) is 0. The summed E-state index contributed by atoms with van der Waals surface area (Å²) in [5.74, 6) is 7.51. The summed E-state index contributed by atoms with van der Waals surface area (Å²) in [5, 5.41) is 15.4. The number of thioether (sulfide) groups is 1. The summed E-state index contributed by atoms with van der Waals surface area (Å²) < 4.78 is 11.7. The lowest BCUT2D eigenvalue weighted by Gasteiger charge is -2.09. The number of nitrogens with zero attached hydrogens (tertiary/aromatic N) is 4. The molecule has 0 atom stereocenters. The van der Waals surface area contributed by atoms with Gasteiger partial charge in [0.15, 0.2) is 5.78 Å². The zero-order chi connectivity index (χ0) is 18.7. The van der Waals surface area contributed by atoms with Gasteiger partial charge in [-0.05, 0) is 31.2 Å². The Balaban J connectivity index is 1.75. The van der Waals surface area contributed by atoms with Crippen LogP contribution in [0.3, 0.4) is 0 Å². The topological polar surface area (TPSA) is 121 Å². The van der Waals surface area contributed by atoms with Crippen LogP contribution in [0.15, 0.2) is 29.4 Å². The molecule has 0 saturated carbocycles. The molecule has 2 heterocycles. The number of carbonyl (C=O) groups is 1. The van der Waals surface area contributed by atoms with Crippen molar-refractivity contribution in [2.75, 3.05) is 25.8 Å². The number of H-pyrrole nitrogens is 1. The Kier molecular flexibility index (Phi) is 5.12. The Morgan fingerprint density at radius 2 is 2.08 bits per heavy atom. The van der Waals surface area contributed by atoms with E-state index in [0.29, 0.717) is 33.7 Å². The Bertz CT molecular complexity index is 936. The zero-order valence-electron chi connectivity index (χ0n) is 14.5. The number of benzene rings is 1. The molecule has 1 aromatic carbocycles. The number of ketones is 1. The second kappa shape index (κ2) is 7.48. The van der Waals surface area contributed by atoms with Crippen LogP contribution in [0.5, 0.6) is 11.5 Å². The maximum Gasteiger partial charge on any atom is 0.210 e. The van der Waals surface area contributed by atoms with Crippen LogP contribution < -0.4 is 15.3 Å². The van der Waals surface area contributed by atoms with E-state index in [1.165, 1.54) is 23.5 Å². The number of aromatic nitrogens is 5. The van der Waals surface area contributed by atoms with Crippen LogP contribution in [-0.4, -0.2) is 50.8 Å². The number of nitrogen functional groups attached to an aromatic ring is 1. The van der Waals surface area contributed by atoms with Crippen molar-refractivity contribution in [3.8, 4) is 23.0 Å². The third-order valence-electron chi connectivity index (χ3n) is 3.64. The van der Waals surface area contributed by atoms with Gasteiger partial charge in [0.05, 0.1) is 25.5 Å². The number of ether oxygens (including phenoxy) is 2. The summed E-state index contributed by atoms with van der Waals surface area (Å²) in [7, 11) is 3.06. The molecule has 0 saturated heterocycles. The van der Waals surface area contributed by atoms with Gasteiger partial charge in [-0.2, -0.15) is 5.10 Å². The Morgan fingerprint density at radius 1 is 1.27 bits per heavy atom. The van der Waals surface area contributed by atoms with Gasteiger partial charge in [0.25, 0.3) is 0 Å². The van der Waals surface area contributed by atoms with Crippen LogP contribution in [0.4, 0.5) is 0 Å². The zero-order valence-corrected chi connectivity index (χ0v) is 15.3. The third-order valence-corrected chi connectivity index (χ3v) is 4.58. The van der Waals surface area contributed by atoms with Crippen LogP contribution in [-0.2, 0) is 0 Å². The first kappa shape index (κ1) is 17.8. The predicted octanol–water partition coefficient (Wildman–Crippen LogP) is 1.68. The van der Waals surface area contributed by atoms with E-state index >= 15 is 0 Å². The SMILES string of the molecule is COc1ccc(OC)c(C(=O)CSc2nnc(-c3cc(C)[nH]n3)n2N)c1. The molecule has 0 unspecified atom stereocenters. The molecule has 3 N–H and O–H groups in total. The number of methoxy groups -OCH3 is 2. The Morgan fingerprint density at radius 3 is 2.73 bits per heavy atom. The average Bonchev–Trinajstić information content (AvgIpc) is 3.24. The first-order valence-corrected chi connectivity index (χ1v) is 8.63. The molecule has 3 rings (SSSR count). The highest BCUT2D eigenvalue weighted by atomic mass is 32.2. The fraction of sp³-hybridized carbons (Fsp3) is 0.250. The van der Waals surface area contributed by atoms with Gasteiger partial charge in [-0.1, -0.05) is 11.8 Å². The van der Waals surface area contributed by atoms with Crippen molar-refractivity contribution >= 4 is 17.5 Å². The number of nitrogens with two attached hydrogens (primary N) is 1. The standard InChI is InChI=1S/C16H18N6O3S/c1-9-6-12(19-18-9)15-20-21-16(22(15)17)26-8-13(23)11-7-10(24-2)4-5-14(11)25-3/h4-7H,8,17H2,1-3H3,(H,18,19). The van der Waals surface area contributed by atoms with Gasteiger partial charge >= 0.3 is 0 Å². The molecule has 2 aromatic heterocycles. The maximum absolute atomic E-state index is 12.6. The van der Waals surface area contributed by atoms with E-state index in [4.69, 9.17) is 15.3 Å². The number of rotatable bonds is 7. The lowest BCUT2D eigenvalue weighted by Crippen LogP contribution is -2.13. The average molecular weight is 374 g/mol. The normalized spacial score (nSPS) is 10.7. The second-order valence-corrected chi connectivity index (χ2v) is 6.33. The summed E-state index contributed by atoms with van der Waals surface area (Å²) in [6.45, 7) is 1.88. The molecule has 0 spiro atoms. The lowest BCUT2D eigenvalue weighted by molar-refractivity contribution is 0.101. The summed E-state index contributed by atoms with van der Waals surface area (Å²) >= 11 is 1.19. The highest BCUT2D eigenvalue weighted by molar-refractivity contribution is 7.99. The first-order valence-electron chi connectivity index (χ1n) is 7.64. The molecular weight excluding hydrogens is 356 g/mol. The van der Waals surface area contributed by atoms with Crippen molar-refractivity contribution in [3.05, 3.63) is 35.5 Å². The van der Waals surface area contributed by atoms with E-state index < -0.39 is 0 Å². The fourth-order valence-electron chi connectivity index (χ4n) is 2.32. The molecule has 0 aliphatic rings. The second-order valence-electron chi connectivity index (χ2n) is 5.39. The largest absolute Gasteiger partial charge is 0.497 e. The van der Waals surface area contributed by atoms with Crippen molar-refractivity contribution in [3.63, 3.8) is 0 Å². The number of carbonyl (C=O) groups excluding carboxylic acids is 1. The number of hydrogen-bond donors (Lipinski definition) is 2. The van der Waals surface area contributed by atoms with Gasteiger partial charge in [0, 0.05) is 5.69 Å². The number of aromatic amines is 1. The summed E-state index contributed by atoms with van der Waals surface area (Å²) in [6, 6.07) is 6.89. The molecular formula is C16H18N6O3S. The van der Waals surface area contributed by atoms with E-state index in [9.17, 15) is 4.79 Å². The molecule has 26 heavy (non-hydrogen) atoms. The minimum absolute atomic E-state index is 0.123. The molecule has 0 bridgehead atoms. The molecule has 9 nitrogen and oxygen atoms in total. The van der Waals surface area contributed by atoms with Gasteiger partial charge in [-0.15, -0.1) is 10.2 Å². The summed E-state index contributed by atoms with van der Waals surface area (Å²) in [4.78, 5) is 12.6. The van der Waals surface area contributed by atoms with Crippen molar-refractivity contribution < 1.29 is 14.3 Å². The summed E-state index contributed by atoms with van der Waals surface area (Å²) in [5.41, 5.74) is 1.91. The number of hydrogen-bond acceptors (Lipinski definition) is 8. The van der Waals surface area contributed by atoms with Crippen LogP contribution in [0, 0.1) is 6.92 Å². The maximum atomic E-state index is 12.6. The van der Waals surface area contributed by atoms with Crippen LogP contribution in [0.2, 0.25) is 0 Å². The van der Waals surface area contributed by atoms with Crippen LogP contribution in [0.1, 0.15) is 16.1 Å². The Labute approximate surface area is 153 Å². The minimum atomic E-state index is -0.133. The molecule has 3 aromatic rings. The first-order chi connectivity index (χ1) is 12.5. The molecule has 136 valence electrons. The highest BCUT2D eigenvalue weighted by Crippen LogP contribution is 2.27. The number of nitrogens with one attached hydrogen (secondary N) is 1. The third kappa shape index (κ3) is 3.49.